The molecule has 1 aromatic carbocycles. The van der Waals surface area contributed by atoms with Crippen molar-refractivity contribution in [2.75, 3.05) is 43.0 Å². The molecule has 1 aromatic rings. The highest BCUT2D eigenvalue weighted by Crippen LogP contribution is 2.19. The SMILES string of the molecule is Cc1ccc(NC(=S)N2CCN([C@H]3CCS(=O)(=O)C3)CC2)cc1. The van der Waals surface area contributed by atoms with E-state index in [1.165, 1.54) is 5.56 Å². The number of rotatable bonds is 2. The molecule has 2 fully saturated rings. The Hall–Kier alpha value is -1.18. The molecule has 126 valence electrons. The van der Waals surface area contributed by atoms with Crippen molar-refractivity contribution < 1.29 is 8.42 Å². The lowest BCUT2D eigenvalue weighted by Crippen LogP contribution is -2.53. The number of nitrogens with zero attached hydrogens (tertiary/aromatic N) is 2. The van der Waals surface area contributed by atoms with Gasteiger partial charge in [-0.2, -0.15) is 0 Å². The second kappa shape index (κ2) is 6.75. The van der Waals surface area contributed by atoms with Crippen LogP contribution in [0.1, 0.15) is 12.0 Å². The van der Waals surface area contributed by atoms with Gasteiger partial charge < -0.3 is 10.2 Å². The Morgan fingerprint density at radius 3 is 2.39 bits per heavy atom. The van der Waals surface area contributed by atoms with Gasteiger partial charge in [-0.1, -0.05) is 17.7 Å². The Morgan fingerprint density at radius 1 is 1.17 bits per heavy atom. The minimum atomic E-state index is -2.81. The molecular formula is C16H23N3O2S2. The highest BCUT2D eigenvalue weighted by molar-refractivity contribution is 7.91. The lowest BCUT2D eigenvalue weighted by molar-refractivity contribution is 0.144. The number of thiocarbonyl (C=S) groups is 1. The fraction of sp³-hybridized carbons (Fsp3) is 0.562. The number of piperazine rings is 1. The van der Waals surface area contributed by atoms with E-state index >= 15 is 0 Å². The monoisotopic (exact) mass is 353 g/mol. The van der Waals surface area contributed by atoms with E-state index in [1.807, 2.05) is 12.1 Å². The van der Waals surface area contributed by atoms with Crippen LogP contribution >= 0.6 is 12.2 Å². The van der Waals surface area contributed by atoms with Crippen LogP contribution in [-0.2, 0) is 9.84 Å². The summed E-state index contributed by atoms with van der Waals surface area (Å²) in [5.41, 5.74) is 2.23. The van der Waals surface area contributed by atoms with Gasteiger partial charge in [0, 0.05) is 37.9 Å². The van der Waals surface area contributed by atoms with Crippen LogP contribution in [0.3, 0.4) is 0 Å². The summed E-state index contributed by atoms with van der Waals surface area (Å²) in [6.07, 6.45) is 0.772. The van der Waals surface area contributed by atoms with E-state index in [2.05, 4.69) is 34.2 Å². The first kappa shape index (κ1) is 16.7. The summed E-state index contributed by atoms with van der Waals surface area (Å²) < 4.78 is 23.2. The van der Waals surface area contributed by atoms with Gasteiger partial charge in [0.1, 0.15) is 0 Å². The van der Waals surface area contributed by atoms with E-state index in [1.54, 1.807) is 0 Å². The third kappa shape index (κ3) is 4.22. The first-order valence-electron chi connectivity index (χ1n) is 8.00. The standard InChI is InChI=1S/C16H23N3O2S2/c1-13-2-4-14(5-3-13)17-16(22)19-9-7-18(8-10-19)15-6-11-23(20,21)12-15/h2-5,15H,6-12H2,1H3,(H,17,22)/t15-/m0/s1. The molecule has 2 saturated heterocycles. The molecule has 3 rings (SSSR count). The zero-order valence-electron chi connectivity index (χ0n) is 13.4. The van der Waals surface area contributed by atoms with Crippen molar-refractivity contribution in [2.24, 2.45) is 0 Å². The van der Waals surface area contributed by atoms with Crippen LogP contribution < -0.4 is 5.32 Å². The Kier molecular flexibility index (Phi) is 4.89. The average molecular weight is 354 g/mol. The minimum Gasteiger partial charge on any atom is -0.346 e. The smallest absolute Gasteiger partial charge is 0.173 e. The molecule has 0 unspecified atom stereocenters. The number of sulfone groups is 1. The third-order valence-electron chi connectivity index (χ3n) is 4.63. The van der Waals surface area contributed by atoms with Gasteiger partial charge in [0.15, 0.2) is 14.9 Å². The molecule has 0 saturated carbocycles. The van der Waals surface area contributed by atoms with Crippen LogP contribution in [0, 0.1) is 6.92 Å². The first-order valence-corrected chi connectivity index (χ1v) is 10.2. The van der Waals surface area contributed by atoms with Crippen molar-refractivity contribution in [3.63, 3.8) is 0 Å². The molecule has 0 spiro atoms. The molecule has 7 heteroatoms. The number of aryl methyl sites for hydroxylation is 1. The summed E-state index contributed by atoms with van der Waals surface area (Å²) in [5, 5.41) is 4.02. The van der Waals surface area contributed by atoms with Gasteiger partial charge in [-0.15, -0.1) is 0 Å². The van der Waals surface area contributed by atoms with Crippen molar-refractivity contribution in [1.29, 1.82) is 0 Å². The highest BCUT2D eigenvalue weighted by atomic mass is 32.2. The largest absolute Gasteiger partial charge is 0.346 e. The summed E-state index contributed by atoms with van der Waals surface area (Å²) in [5.74, 6) is 0.657. The maximum atomic E-state index is 11.6. The van der Waals surface area contributed by atoms with Crippen LogP contribution in [0.5, 0.6) is 0 Å². The zero-order valence-corrected chi connectivity index (χ0v) is 15.0. The van der Waals surface area contributed by atoms with Crippen molar-refractivity contribution in [3.05, 3.63) is 29.8 Å². The lowest BCUT2D eigenvalue weighted by atomic mass is 10.2. The Bertz CT molecular complexity index is 665. The Balaban J connectivity index is 1.50. The predicted molar refractivity (Wildman–Crippen MR) is 97.6 cm³/mol. The fourth-order valence-corrected chi connectivity index (χ4v) is 5.25. The van der Waals surface area contributed by atoms with Crippen LogP contribution in [0.4, 0.5) is 5.69 Å². The first-order chi connectivity index (χ1) is 10.9. The second-order valence-corrected chi connectivity index (χ2v) is 8.99. The topological polar surface area (TPSA) is 52.6 Å². The van der Waals surface area contributed by atoms with Gasteiger partial charge in [0.25, 0.3) is 0 Å². The number of nitrogens with one attached hydrogen (secondary N) is 1. The van der Waals surface area contributed by atoms with E-state index in [4.69, 9.17) is 12.2 Å². The van der Waals surface area contributed by atoms with Crippen LogP contribution in [-0.4, -0.2) is 67.1 Å². The van der Waals surface area contributed by atoms with Crippen molar-refractivity contribution in [1.82, 2.24) is 9.80 Å². The summed E-state index contributed by atoms with van der Waals surface area (Å²) in [6.45, 7) is 5.48. The van der Waals surface area contributed by atoms with Crippen molar-refractivity contribution in [3.8, 4) is 0 Å². The Labute approximate surface area is 143 Å². The molecule has 2 heterocycles. The van der Waals surface area contributed by atoms with Gasteiger partial charge in [-0.3, -0.25) is 4.90 Å². The number of anilines is 1. The van der Waals surface area contributed by atoms with Crippen molar-refractivity contribution >= 4 is 32.9 Å². The molecular weight excluding hydrogens is 330 g/mol. The summed E-state index contributed by atoms with van der Waals surface area (Å²) in [7, 11) is -2.81. The van der Waals surface area contributed by atoms with Gasteiger partial charge in [0.05, 0.1) is 11.5 Å². The van der Waals surface area contributed by atoms with Crippen LogP contribution in [0.2, 0.25) is 0 Å². The average Bonchev–Trinajstić information content (AvgIpc) is 2.90. The normalized spacial score (nSPS) is 24.6. The van der Waals surface area contributed by atoms with Gasteiger partial charge in [-0.05, 0) is 37.7 Å². The van der Waals surface area contributed by atoms with E-state index in [-0.39, 0.29) is 6.04 Å². The van der Waals surface area contributed by atoms with E-state index in [0.29, 0.717) is 11.5 Å². The van der Waals surface area contributed by atoms with E-state index in [9.17, 15) is 8.42 Å². The summed E-state index contributed by atoms with van der Waals surface area (Å²) in [4.78, 5) is 4.46. The molecule has 1 N–H and O–H groups in total. The highest BCUT2D eigenvalue weighted by Gasteiger charge is 2.33. The quantitative estimate of drug-likeness (QED) is 0.813. The van der Waals surface area contributed by atoms with Crippen LogP contribution in [0.25, 0.3) is 0 Å². The van der Waals surface area contributed by atoms with Crippen LogP contribution in [0.15, 0.2) is 24.3 Å². The van der Waals surface area contributed by atoms with E-state index in [0.717, 1.165) is 43.4 Å². The Morgan fingerprint density at radius 2 is 1.83 bits per heavy atom. The molecule has 0 aliphatic carbocycles. The van der Waals surface area contributed by atoms with Gasteiger partial charge in [0.2, 0.25) is 0 Å². The lowest BCUT2D eigenvalue weighted by Gasteiger charge is -2.38. The maximum absolute atomic E-state index is 11.6. The molecule has 23 heavy (non-hydrogen) atoms. The molecule has 0 radical (unpaired) electrons. The molecule has 0 bridgehead atoms. The number of benzene rings is 1. The molecule has 1 atom stereocenters. The summed E-state index contributed by atoms with van der Waals surface area (Å²) in [6, 6.07) is 8.37. The molecule has 2 aliphatic rings. The minimum absolute atomic E-state index is 0.195. The number of hydrogen-bond donors (Lipinski definition) is 1. The molecule has 5 nitrogen and oxygen atoms in total. The molecule has 2 aliphatic heterocycles. The molecule has 0 aromatic heterocycles. The maximum Gasteiger partial charge on any atom is 0.173 e. The van der Waals surface area contributed by atoms with Gasteiger partial charge >= 0.3 is 0 Å². The second-order valence-electron chi connectivity index (χ2n) is 6.38. The third-order valence-corrected chi connectivity index (χ3v) is 6.74. The summed E-state index contributed by atoms with van der Waals surface area (Å²) >= 11 is 5.50. The number of hydrogen-bond acceptors (Lipinski definition) is 4. The zero-order chi connectivity index (χ0) is 16.4. The van der Waals surface area contributed by atoms with Crippen molar-refractivity contribution in [2.45, 2.75) is 19.4 Å². The van der Waals surface area contributed by atoms with E-state index < -0.39 is 9.84 Å². The fourth-order valence-electron chi connectivity index (χ4n) is 3.19. The predicted octanol–water partition coefficient (Wildman–Crippen LogP) is 1.50. The van der Waals surface area contributed by atoms with Gasteiger partial charge in [-0.25, -0.2) is 8.42 Å². The molecule has 0 amide bonds.